The molecule has 110 valence electrons. The molecule has 2 aromatic rings. The summed E-state index contributed by atoms with van der Waals surface area (Å²) in [7, 11) is 0. The summed E-state index contributed by atoms with van der Waals surface area (Å²) in [5.74, 6) is -1.16. The lowest BCUT2D eigenvalue weighted by atomic mass is 9.86. The standard InChI is InChI=1S/C17H17ClO3/c1-12(19)11-17(18,16(20)21)15-10-6-5-9-14(15)13-7-3-2-4-8-13/h2-10,12,19H,11H2,1H3,(H,20,21). The normalized spacial score (nSPS) is 15.2. The van der Waals surface area contributed by atoms with Gasteiger partial charge in [0.2, 0.25) is 0 Å². The molecule has 0 amide bonds. The van der Waals surface area contributed by atoms with Crippen molar-refractivity contribution in [3.05, 3.63) is 60.2 Å². The van der Waals surface area contributed by atoms with E-state index in [-0.39, 0.29) is 6.42 Å². The molecule has 0 aliphatic carbocycles. The molecular formula is C17H17ClO3. The number of halogens is 1. The Morgan fingerprint density at radius 1 is 1.14 bits per heavy atom. The predicted molar refractivity (Wildman–Crippen MR) is 83.3 cm³/mol. The molecule has 0 aliphatic heterocycles. The van der Waals surface area contributed by atoms with Crippen molar-refractivity contribution in [2.75, 3.05) is 0 Å². The first kappa shape index (κ1) is 15.5. The summed E-state index contributed by atoms with van der Waals surface area (Å²) < 4.78 is 0. The fourth-order valence-corrected chi connectivity index (χ4v) is 2.81. The third-order valence-electron chi connectivity index (χ3n) is 3.35. The molecule has 2 unspecified atom stereocenters. The number of carbonyl (C=O) groups is 1. The monoisotopic (exact) mass is 304 g/mol. The van der Waals surface area contributed by atoms with Crippen LogP contribution in [0.25, 0.3) is 11.1 Å². The smallest absolute Gasteiger partial charge is 0.329 e. The van der Waals surface area contributed by atoms with Crippen molar-refractivity contribution in [3.8, 4) is 11.1 Å². The van der Waals surface area contributed by atoms with Gasteiger partial charge in [-0.25, -0.2) is 4.79 Å². The molecule has 2 aromatic carbocycles. The number of hydrogen-bond acceptors (Lipinski definition) is 2. The first-order valence-electron chi connectivity index (χ1n) is 6.70. The van der Waals surface area contributed by atoms with Crippen molar-refractivity contribution in [2.45, 2.75) is 24.3 Å². The second kappa shape index (κ2) is 6.29. The van der Waals surface area contributed by atoms with Gasteiger partial charge in [-0.3, -0.25) is 0 Å². The van der Waals surface area contributed by atoms with E-state index in [0.29, 0.717) is 5.56 Å². The van der Waals surface area contributed by atoms with Crippen LogP contribution in [0.1, 0.15) is 18.9 Å². The van der Waals surface area contributed by atoms with Crippen molar-refractivity contribution in [1.29, 1.82) is 0 Å². The zero-order valence-electron chi connectivity index (χ0n) is 11.7. The summed E-state index contributed by atoms with van der Waals surface area (Å²) in [4.78, 5) is 10.0. The first-order chi connectivity index (χ1) is 9.95. The van der Waals surface area contributed by atoms with Gasteiger partial charge in [0.25, 0.3) is 0 Å². The predicted octanol–water partition coefficient (Wildman–Crippen LogP) is 3.64. The van der Waals surface area contributed by atoms with Crippen molar-refractivity contribution in [1.82, 2.24) is 0 Å². The summed E-state index contributed by atoms with van der Waals surface area (Å²) in [6.45, 7) is 1.53. The van der Waals surface area contributed by atoms with Gasteiger partial charge in [0.15, 0.2) is 4.87 Å². The van der Waals surface area contributed by atoms with Gasteiger partial charge in [-0.05, 0) is 23.6 Å². The van der Waals surface area contributed by atoms with Crippen LogP contribution in [0.2, 0.25) is 0 Å². The van der Waals surface area contributed by atoms with Crippen LogP contribution in [0.5, 0.6) is 0 Å². The molecule has 0 aromatic heterocycles. The summed E-state index contributed by atoms with van der Waals surface area (Å²) in [5.41, 5.74) is 2.15. The SMILES string of the molecule is CC(O)CC(Cl)(C(=O)O)c1ccccc1-c1ccccc1. The van der Waals surface area contributed by atoms with Crippen LogP contribution in [-0.2, 0) is 9.67 Å². The Morgan fingerprint density at radius 2 is 1.71 bits per heavy atom. The third-order valence-corrected chi connectivity index (χ3v) is 3.87. The highest BCUT2D eigenvalue weighted by Gasteiger charge is 2.41. The number of aliphatic hydroxyl groups is 1. The number of aliphatic hydroxyl groups excluding tert-OH is 1. The lowest BCUT2D eigenvalue weighted by Gasteiger charge is -2.26. The number of benzene rings is 2. The summed E-state index contributed by atoms with van der Waals surface area (Å²) >= 11 is 6.39. The molecular weight excluding hydrogens is 288 g/mol. The molecule has 0 bridgehead atoms. The molecule has 2 atom stereocenters. The Hall–Kier alpha value is -1.84. The van der Waals surface area contributed by atoms with Crippen LogP contribution < -0.4 is 0 Å². The average molecular weight is 305 g/mol. The van der Waals surface area contributed by atoms with Crippen LogP contribution in [-0.4, -0.2) is 22.3 Å². The van der Waals surface area contributed by atoms with Gasteiger partial charge in [-0.1, -0.05) is 54.6 Å². The van der Waals surface area contributed by atoms with E-state index in [4.69, 9.17) is 11.6 Å². The fourth-order valence-electron chi connectivity index (χ4n) is 2.42. The van der Waals surface area contributed by atoms with E-state index in [2.05, 4.69) is 0 Å². The van der Waals surface area contributed by atoms with Gasteiger partial charge in [0, 0.05) is 6.42 Å². The molecule has 0 spiro atoms. The summed E-state index contributed by atoms with van der Waals surface area (Å²) in [5, 5.41) is 19.2. The maximum atomic E-state index is 11.7. The molecule has 21 heavy (non-hydrogen) atoms. The molecule has 2 rings (SSSR count). The topological polar surface area (TPSA) is 57.5 Å². The first-order valence-corrected chi connectivity index (χ1v) is 7.08. The Morgan fingerprint density at radius 3 is 2.29 bits per heavy atom. The van der Waals surface area contributed by atoms with E-state index >= 15 is 0 Å². The molecule has 4 heteroatoms. The van der Waals surface area contributed by atoms with Crippen LogP contribution in [0.3, 0.4) is 0 Å². The molecule has 3 nitrogen and oxygen atoms in total. The highest BCUT2D eigenvalue weighted by atomic mass is 35.5. The van der Waals surface area contributed by atoms with Gasteiger partial charge < -0.3 is 10.2 Å². The minimum atomic E-state index is -1.65. The molecule has 0 radical (unpaired) electrons. The number of rotatable bonds is 5. The van der Waals surface area contributed by atoms with E-state index in [9.17, 15) is 15.0 Å². The quantitative estimate of drug-likeness (QED) is 0.829. The van der Waals surface area contributed by atoms with Gasteiger partial charge in [-0.2, -0.15) is 0 Å². The van der Waals surface area contributed by atoms with Gasteiger partial charge >= 0.3 is 5.97 Å². The molecule has 0 aliphatic rings. The number of hydrogen-bond donors (Lipinski definition) is 2. The maximum absolute atomic E-state index is 11.7. The van der Waals surface area contributed by atoms with Crippen molar-refractivity contribution in [2.24, 2.45) is 0 Å². The van der Waals surface area contributed by atoms with Crippen LogP contribution in [0.4, 0.5) is 0 Å². The van der Waals surface area contributed by atoms with Crippen LogP contribution in [0.15, 0.2) is 54.6 Å². The lowest BCUT2D eigenvalue weighted by molar-refractivity contribution is -0.141. The zero-order valence-corrected chi connectivity index (χ0v) is 12.4. The fraction of sp³-hybridized carbons (Fsp3) is 0.235. The van der Waals surface area contributed by atoms with Gasteiger partial charge in [-0.15, -0.1) is 11.6 Å². The van der Waals surface area contributed by atoms with E-state index in [1.54, 1.807) is 12.1 Å². The molecule has 0 fully saturated rings. The largest absolute Gasteiger partial charge is 0.480 e. The van der Waals surface area contributed by atoms with Crippen molar-refractivity contribution < 1.29 is 15.0 Å². The molecule has 0 heterocycles. The van der Waals surface area contributed by atoms with Crippen LogP contribution >= 0.6 is 11.6 Å². The summed E-state index contributed by atoms with van der Waals surface area (Å²) in [6, 6.07) is 16.6. The third kappa shape index (κ3) is 3.26. The second-order valence-corrected chi connectivity index (χ2v) is 5.72. The van der Waals surface area contributed by atoms with E-state index < -0.39 is 16.9 Å². The van der Waals surface area contributed by atoms with E-state index in [0.717, 1.165) is 11.1 Å². The summed E-state index contributed by atoms with van der Waals surface area (Å²) in [6.07, 6.45) is -0.879. The van der Waals surface area contributed by atoms with Gasteiger partial charge in [0.1, 0.15) is 0 Å². The average Bonchev–Trinajstić information content (AvgIpc) is 2.47. The highest BCUT2D eigenvalue weighted by molar-refractivity contribution is 6.34. The number of carboxylic acids is 1. The van der Waals surface area contributed by atoms with Crippen molar-refractivity contribution in [3.63, 3.8) is 0 Å². The lowest BCUT2D eigenvalue weighted by Crippen LogP contribution is -2.33. The Balaban J connectivity index is 2.60. The Bertz CT molecular complexity index is 625. The number of alkyl halides is 1. The maximum Gasteiger partial charge on any atom is 0.329 e. The van der Waals surface area contributed by atoms with Crippen molar-refractivity contribution >= 4 is 17.6 Å². The highest BCUT2D eigenvalue weighted by Crippen LogP contribution is 2.40. The zero-order chi connectivity index (χ0) is 15.5. The Labute approximate surface area is 128 Å². The molecule has 0 saturated carbocycles. The van der Waals surface area contributed by atoms with Gasteiger partial charge in [0.05, 0.1) is 6.10 Å². The second-order valence-electron chi connectivity index (χ2n) is 5.07. The minimum Gasteiger partial charge on any atom is -0.480 e. The minimum absolute atomic E-state index is 0.0618. The van der Waals surface area contributed by atoms with Crippen LogP contribution in [0, 0.1) is 0 Å². The Kier molecular flexibility index (Phi) is 4.66. The number of carboxylic acid groups (broad SMARTS) is 1. The van der Waals surface area contributed by atoms with E-state index in [1.165, 1.54) is 6.92 Å². The molecule has 0 saturated heterocycles. The molecule has 2 N–H and O–H groups in total. The number of aliphatic carboxylic acids is 1. The van der Waals surface area contributed by atoms with E-state index in [1.807, 2.05) is 42.5 Å².